The zero-order valence-corrected chi connectivity index (χ0v) is 10.1. The van der Waals surface area contributed by atoms with Crippen molar-refractivity contribution in [3.63, 3.8) is 0 Å². The summed E-state index contributed by atoms with van der Waals surface area (Å²) >= 11 is 0. The van der Waals surface area contributed by atoms with Gasteiger partial charge in [0.15, 0.2) is 0 Å². The van der Waals surface area contributed by atoms with Gasteiger partial charge in [-0.1, -0.05) is 6.92 Å². The number of halogens is 3. The van der Waals surface area contributed by atoms with E-state index in [1.807, 2.05) is 6.92 Å². The first-order valence-electron chi connectivity index (χ1n) is 5.77. The van der Waals surface area contributed by atoms with E-state index in [1.54, 1.807) is 6.07 Å². The van der Waals surface area contributed by atoms with Crippen LogP contribution < -0.4 is 10.1 Å². The second-order valence-corrected chi connectivity index (χ2v) is 3.71. The van der Waals surface area contributed by atoms with Gasteiger partial charge in [0.25, 0.3) is 0 Å². The van der Waals surface area contributed by atoms with E-state index in [-0.39, 0.29) is 18.9 Å². The van der Waals surface area contributed by atoms with Crippen molar-refractivity contribution in [2.45, 2.75) is 32.4 Å². The van der Waals surface area contributed by atoms with Crippen molar-refractivity contribution in [1.82, 2.24) is 9.97 Å². The van der Waals surface area contributed by atoms with Crippen molar-refractivity contribution in [2.75, 3.05) is 18.5 Å². The van der Waals surface area contributed by atoms with Crippen LogP contribution in [-0.2, 0) is 0 Å². The van der Waals surface area contributed by atoms with Crippen LogP contribution in [0, 0.1) is 0 Å². The molecule has 0 aliphatic carbocycles. The molecule has 7 heteroatoms. The third-order valence-corrected chi connectivity index (χ3v) is 2.00. The van der Waals surface area contributed by atoms with Crippen LogP contribution in [-0.4, -0.2) is 29.3 Å². The lowest BCUT2D eigenvalue weighted by Crippen LogP contribution is -2.12. The largest absolute Gasteiger partial charge is 0.478 e. The van der Waals surface area contributed by atoms with Crippen molar-refractivity contribution < 1.29 is 17.9 Å². The molecule has 0 unspecified atom stereocenters. The van der Waals surface area contributed by atoms with Crippen LogP contribution in [0.1, 0.15) is 26.2 Å². The topological polar surface area (TPSA) is 47.0 Å². The molecule has 4 nitrogen and oxygen atoms in total. The zero-order valence-electron chi connectivity index (χ0n) is 10.1. The maximum absolute atomic E-state index is 11.9. The molecule has 0 spiro atoms. The number of anilines is 1. The van der Waals surface area contributed by atoms with E-state index in [2.05, 4.69) is 15.3 Å². The second kappa shape index (κ2) is 7.03. The number of nitrogens with one attached hydrogen (secondary N) is 1. The highest BCUT2D eigenvalue weighted by atomic mass is 19.4. The minimum absolute atomic E-state index is 0.00704. The molecule has 0 saturated carbocycles. The van der Waals surface area contributed by atoms with Gasteiger partial charge in [-0.15, -0.1) is 0 Å². The normalized spacial score (nSPS) is 11.3. The number of aromatic nitrogens is 2. The van der Waals surface area contributed by atoms with Crippen LogP contribution in [0.4, 0.5) is 19.1 Å². The van der Waals surface area contributed by atoms with E-state index in [4.69, 9.17) is 4.74 Å². The van der Waals surface area contributed by atoms with Gasteiger partial charge >= 0.3 is 6.18 Å². The predicted molar refractivity (Wildman–Crippen MR) is 61.6 cm³/mol. The van der Waals surface area contributed by atoms with Gasteiger partial charge in [-0.3, -0.25) is 0 Å². The molecule has 18 heavy (non-hydrogen) atoms. The molecule has 1 aromatic heterocycles. The lowest BCUT2D eigenvalue weighted by atomic mass is 10.3. The Labute approximate surface area is 104 Å². The molecule has 0 fully saturated rings. The number of hydrogen-bond donors (Lipinski definition) is 1. The average Bonchev–Trinajstić information content (AvgIpc) is 2.31. The fraction of sp³-hybridized carbons (Fsp3) is 0.636. The Morgan fingerprint density at radius 2 is 2.17 bits per heavy atom. The number of alkyl halides is 3. The van der Waals surface area contributed by atoms with Gasteiger partial charge in [-0.05, 0) is 12.8 Å². The molecule has 1 rings (SSSR count). The number of ether oxygens (including phenoxy) is 1. The molecule has 0 bridgehead atoms. The lowest BCUT2D eigenvalue weighted by Gasteiger charge is -2.08. The molecule has 102 valence electrons. The molecule has 0 aliphatic heterocycles. The molecule has 0 aliphatic rings. The van der Waals surface area contributed by atoms with Crippen LogP contribution in [0.2, 0.25) is 0 Å². The molecular weight excluding hydrogens is 247 g/mol. The van der Waals surface area contributed by atoms with Crippen LogP contribution in [0.3, 0.4) is 0 Å². The predicted octanol–water partition coefficient (Wildman–Crippen LogP) is 3.02. The SMILES string of the molecule is CCCOc1ccnc(NCCCC(F)(F)F)n1. The first-order valence-corrected chi connectivity index (χ1v) is 5.77. The van der Waals surface area contributed by atoms with Gasteiger partial charge in [-0.25, -0.2) is 4.98 Å². The van der Waals surface area contributed by atoms with Crippen molar-refractivity contribution in [3.05, 3.63) is 12.3 Å². The van der Waals surface area contributed by atoms with Crippen LogP contribution in [0.25, 0.3) is 0 Å². The first kappa shape index (κ1) is 14.5. The van der Waals surface area contributed by atoms with Gasteiger partial charge in [0, 0.05) is 25.2 Å². The Morgan fingerprint density at radius 3 is 2.83 bits per heavy atom. The molecule has 1 heterocycles. The first-order chi connectivity index (χ1) is 8.51. The van der Waals surface area contributed by atoms with E-state index in [0.717, 1.165) is 6.42 Å². The monoisotopic (exact) mass is 263 g/mol. The summed E-state index contributed by atoms with van der Waals surface area (Å²) in [4.78, 5) is 7.92. The molecule has 0 radical (unpaired) electrons. The summed E-state index contributed by atoms with van der Waals surface area (Å²) < 4.78 is 41.0. The van der Waals surface area contributed by atoms with Gasteiger partial charge in [0.2, 0.25) is 11.8 Å². The van der Waals surface area contributed by atoms with Crippen LogP contribution in [0.15, 0.2) is 12.3 Å². The smallest absolute Gasteiger partial charge is 0.389 e. The standard InChI is InChI=1S/C11H16F3N3O/c1-2-8-18-9-4-7-16-10(17-9)15-6-3-5-11(12,13)14/h4,7H,2-3,5-6,8H2,1H3,(H,15,16,17). The van der Waals surface area contributed by atoms with Crippen LogP contribution in [0.5, 0.6) is 5.88 Å². The highest BCUT2D eigenvalue weighted by Crippen LogP contribution is 2.21. The third-order valence-electron chi connectivity index (χ3n) is 2.00. The third kappa shape index (κ3) is 6.27. The molecule has 0 saturated heterocycles. The minimum atomic E-state index is -4.12. The van der Waals surface area contributed by atoms with E-state index in [1.165, 1.54) is 6.20 Å². The molecule has 1 aromatic rings. The maximum Gasteiger partial charge on any atom is 0.389 e. The maximum atomic E-state index is 11.9. The van der Waals surface area contributed by atoms with Gasteiger partial charge in [-0.2, -0.15) is 18.2 Å². The molecule has 1 N–H and O–H groups in total. The Morgan fingerprint density at radius 1 is 1.39 bits per heavy atom. The quantitative estimate of drug-likeness (QED) is 0.768. The second-order valence-electron chi connectivity index (χ2n) is 3.71. The van der Waals surface area contributed by atoms with E-state index >= 15 is 0 Å². The van der Waals surface area contributed by atoms with Gasteiger partial charge in [0.1, 0.15) is 0 Å². The highest BCUT2D eigenvalue weighted by Gasteiger charge is 2.25. The van der Waals surface area contributed by atoms with Gasteiger partial charge in [0.05, 0.1) is 6.61 Å². The van der Waals surface area contributed by atoms with Crippen molar-refractivity contribution in [2.24, 2.45) is 0 Å². The van der Waals surface area contributed by atoms with E-state index in [9.17, 15) is 13.2 Å². The van der Waals surface area contributed by atoms with E-state index in [0.29, 0.717) is 12.5 Å². The number of rotatable bonds is 7. The average molecular weight is 263 g/mol. The Kier molecular flexibility index (Phi) is 5.67. The Bertz CT molecular complexity index is 358. The highest BCUT2D eigenvalue weighted by molar-refractivity contribution is 5.27. The summed E-state index contributed by atoms with van der Waals surface area (Å²) in [7, 11) is 0. The molecule has 0 aromatic carbocycles. The van der Waals surface area contributed by atoms with E-state index < -0.39 is 12.6 Å². The number of hydrogen-bond acceptors (Lipinski definition) is 4. The Balaban J connectivity index is 2.33. The summed E-state index contributed by atoms with van der Waals surface area (Å²) in [6.07, 6.45) is -2.57. The zero-order chi connectivity index (χ0) is 13.4. The van der Waals surface area contributed by atoms with Crippen molar-refractivity contribution in [3.8, 4) is 5.88 Å². The van der Waals surface area contributed by atoms with Gasteiger partial charge < -0.3 is 10.1 Å². The summed E-state index contributed by atoms with van der Waals surface area (Å²) in [5.74, 6) is 0.705. The fourth-order valence-electron chi connectivity index (χ4n) is 1.20. The summed E-state index contributed by atoms with van der Waals surface area (Å²) in [5.41, 5.74) is 0. The fourth-order valence-corrected chi connectivity index (χ4v) is 1.20. The summed E-state index contributed by atoms with van der Waals surface area (Å²) in [6, 6.07) is 1.61. The number of nitrogens with zero attached hydrogens (tertiary/aromatic N) is 2. The van der Waals surface area contributed by atoms with Crippen molar-refractivity contribution in [1.29, 1.82) is 0 Å². The van der Waals surface area contributed by atoms with Crippen LogP contribution >= 0.6 is 0 Å². The summed E-state index contributed by atoms with van der Waals surface area (Å²) in [6.45, 7) is 2.69. The minimum Gasteiger partial charge on any atom is -0.478 e. The van der Waals surface area contributed by atoms with Crippen molar-refractivity contribution >= 4 is 5.95 Å². The molecule has 0 amide bonds. The summed E-state index contributed by atoms with van der Waals surface area (Å²) in [5, 5.41) is 2.73. The molecule has 0 atom stereocenters. The molecular formula is C11H16F3N3O. The Hall–Kier alpha value is -1.53. The lowest BCUT2D eigenvalue weighted by molar-refractivity contribution is -0.134.